The lowest BCUT2D eigenvalue weighted by molar-refractivity contribution is 0.628. The molecule has 88 valence electrons. The van der Waals surface area contributed by atoms with E-state index in [0.717, 1.165) is 11.3 Å². The number of nitrogens with zero attached hydrogens (tertiary/aromatic N) is 1. The SMILES string of the molecule is Cc1[nH]c(-c2ccc(F)c(Cl)c2)nc(=S)c1C. The number of aromatic nitrogens is 2. The van der Waals surface area contributed by atoms with Crippen molar-refractivity contribution in [2.45, 2.75) is 13.8 Å². The number of benzene rings is 1. The van der Waals surface area contributed by atoms with Gasteiger partial charge in [-0.1, -0.05) is 23.8 Å². The van der Waals surface area contributed by atoms with Crippen LogP contribution in [-0.2, 0) is 0 Å². The van der Waals surface area contributed by atoms with Crippen LogP contribution in [0.25, 0.3) is 11.4 Å². The molecule has 2 nitrogen and oxygen atoms in total. The molecule has 1 N–H and O–H groups in total. The van der Waals surface area contributed by atoms with Crippen molar-refractivity contribution < 1.29 is 4.39 Å². The lowest BCUT2D eigenvalue weighted by Gasteiger charge is -2.06. The lowest BCUT2D eigenvalue weighted by atomic mass is 10.2. The van der Waals surface area contributed by atoms with E-state index in [2.05, 4.69) is 9.97 Å². The molecule has 0 spiro atoms. The molecule has 2 rings (SSSR count). The van der Waals surface area contributed by atoms with Crippen molar-refractivity contribution in [1.29, 1.82) is 0 Å². The molecule has 0 aliphatic carbocycles. The maximum Gasteiger partial charge on any atom is 0.141 e. The van der Waals surface area contributed by atoms with E-state index >= 15 is 0 Å². The number of rotatable bonds is 1. The van der Waals surface area contributed by atoms with Gasteiger partial charge < -0.3 is 4.98 Å². The largest absolute Gasteiger partial charge is 0.343 e. The van der Waals surface area contributed by atoms with E-state index < -0.39 is 5.82 Å². The van der Waals surface area contributed by atoms with Gasteiger partial charge in [0.1, 0.15) is 16.3 Å². The van der Waals surface area contributed by atoms with Crippen LogP contribution >= 0.6 is 23.8 Å². The fourth-order valence-corrected chi connectivity index (χ4v) is 1.85. The summed E-state index contributed by atoms with van der Waals surface area (Å²) in [4.78, 5) is 7.37. The molecule has 0 radical (unpaired) electrons. The van der Waals surface area contributed by atoms with Gasteiger partial charge in [-0.15, -0.1) is 0 Å². The van der Waals surface area contributed by atoms with Crippen molar-refractivity contribution >= 4 is 23.8 Å². The predicted molar refractivity (Wildman–Crippen MR) is 69.3 cm³/mol. The number of aromatic amines is 1. The fraction of sp³-hybridized carbons (Fsp3) is 0.167. The first-order valence-corrected chi connectivity index (χ1v) is 5.80. The molecule has 1 aromatic heterocycles. The first kappa shape index (κ1) is 12.2. The van der Waals surface area contributed by atoms with Crippen LogP contribution in [0.4, 0.5) is 4.39 Å². The monoisotopic (exact) mass is 268 g/mol. The lowest BCUT2D eigenvalue weighted by Crippen LogP contribution is -1.96. The minimum Gasteiger partial charge on any atom is -0.343 e. The molecule has 0 bridgehead atoms. The zero-order valence-corrected chi connectivity index (χ0v) is 10.9. The van der Waals surface area contributed by atoms with Crippen LogP contribution in [-0.4, -0.2) is 9.97 Å². The van der Waals surface area contributed by atoms with Crippen molar-refractivity contribution in [2.75, 3.05) is 0 Å². The number of hydrogen-bond donors (Lipinski definition) is 1. The third-order valence-corrected chi connectivity index (χ3v) is 3.28. The highest BCUT2D eigenvalue weighted by Gasteiger charge is 2.06. The van der Waals surface area contributed by atoms with Crippen molar-refractivity contribution in [3.8, 4) is 11.4 Å². The first-order chi connectivity index (χ1) is 7.99. The molecule has 0 saturated heterocycles. The van der Waals surface area contributed by atoms with Crippen LogP contribution in [0.15, 0.2) is 18.2 Å². The van der Waals surface area contributed by atoms with Crippen LogP contribution in [0.3, 0.4) is 0 Å². The molecular weight excluding hydrogens is 259 g/mol. The quantitative estimate of drug-likeness (QED) is 0.785. The predicted octanol–water partition coefficient (Wildman–Crippen LogP) is 4.22. The number of halogens is 2. The van der Waals surface area contributed by atoms with Gasteiger partial charge in [0.2, 0.25) is 0 Å². The molecule has 1 heterocycles. The molecule has 0 fully saturated rings. The Labute approximate surface area is 108 Å². The Morgan fingerprint density at radius 3 is 2.65 bits per heavy atom. The maximum absolute atomic E-state index is 13.1. The second kappa shape index (κ2) is 4.55. The summed E-state index contributed by atoms with van der Waals surface area (Å²) in [6.07, 6.45) is 0. The zero-order valence-electron chi connectivity index (χ0n) is 9.34. The van der Waals surface area contributed by atoms with Gasteiger partial charge in [0.25, 0.3) is 0 Å². The minimum absolute atomic E-state index is 0.0712. The Kier molecular flexibility index (Phi) is 3.26. The van der Waals surface area contributed by atoms with Crippen LogP contribution in [0.2, 0.25) is 5.02 Å². The first-order valence-electron chi connectivity index (χ1n) is 5.02. The Bertz CT molecular complexity index is 637. The summed E-state index contributed by atoms with van der Waals surface area (Å²) in [7, 11) is 0. The molecule has 2 aromatic rings. The number of nitrogens with one attached hydrogen (secondary N) is 1. The van der Waals surface area contributed by atoms with Gasteiger partial charge in [0.15, 0.2) is 0 Å². The summed E-state index contributed by atoms with van der Waals surface area (Å²) in [6, 6.07) is 4.45. The third-order valence-electron chi connectivity index (χ3n) is 2.60. The molecule has 0 unspecified atom stereocenters. The van der Waals surface area contributed by atoms with Crippen LogP contribution < -0.4 is 0 Å². The standard InChI is InChI=1S/C12H10ClFN2S/c1-6-7(2)15-11(16-12(6)17)8-3-4-10(14)9(13)5-8/h3-5H,1-2H3,(H,15,16,17). The molecule has 0 aliphatic rings. The Morgan fingerprint density at radius 2 is 2.06 bits per heavy atom. The van der Waals surface area contributed by atoms with Gasteiger partial charge in [-0.3, -0.25) is 0 Å². The average Bonchev–Trinajstić information content (AvgIpc) is 2.29. The molecule has 0 atom stereocenters. The van der Waals surface area contributed by atoms with E-state index in [0.29, 0.717) is 16.0 Å². The van der Waals surface area contributed by atoms with Crippen LogP contribution in [0.1, 0.15) is 11.3 Å². The van der Waals surface area contributed by atoms with E-state index in [1.54, 1.807) is 6.07 Å². The minimum atomic E-state index is -0.446. The van der Waals surface area contributed by atoms with Crippen molar-refractivity contribution in [3.63, 3.8) is 0 Å². The van der Waals surface area contributed by atoms with Gasteiger partial charge in [-0.05, 0) is 32.0 Å². The maximum atomic E-state index is 13.1. The van der Waals surface area contributed by atoms with Crippen molar-refractivity contribution in [3.05, 3.63) is 44.9 Å². The highest BCUT2D eigenvalue weighted by Crippen LogP contribution is 2.23. The summed E-state index contributed by atoms with van der Waals surface area (Å²) in [5, 5.41) is 0.0712. The van der Waals surface area contributed by atoms with Gasteiger partial charge >= 0.3 is 0 Å². The van der Waals surface area contributed by atoms with Crippen molar-refractivity contribution in [1.82, 2.24) is 9.97 Å². The van der Waals surface area contributed by atoms with Gasteiger partial charge in [0, 0.05) is 16.8 Å². The summed E-state index contributed by atoms with van der Waals surface area (Å²) in [5.41, 5.74) is 2.60. The number of hydrogen-bond acceptors (Lipinski definition) is 2. The zero-order chi connectivity index (χ0) is 12.6. The molecule has 5 heteroatoms. The molecule has 0 aliphatic heterocycles. The van der Waals surface area contributed by atoms with E-state index in [-0.39, 0.29) is 5.02 Å². The molecular formula is C12H10ClFN2S. The smallest absolute Gasteiger partial charge is 0.141 e. The summed E-state index contributed by atoms with van der Waals surface area (Å²) in [6.45, 7) is 3.82. The highest BCUT2D eigenvalue weighted by atomic mass is 35.5. The number of aryl methyl sites for hydroxylation is 1. The highest BCUT2D eigenvalue weighted by molar-refractivity contribution is 7.71. The van der Waals surface area contributed by atoms with E-state index in [4.69, 9.17) is 23.8 Å². The Morgan fingerprint density at radius 1 is 1.35 bits per heavy atom. The fourth-order valence-electron chi connectivity index (χ4n) is 1.43. The van der Waals surface area contributed by atoms with E-state index in [1.807, 2.05) is 13.8 Å². The summed E-state index contributed by atoms with van der Waals surface area (Å²) in [5.74, 6) is 0.151. The topological polar surface area (TPSA) is 28.7 Å². The summed E-state index contributed by atoms with van der Waals surface area (Å²) >= 11 is 10.9. The van der Waals surface area contributed by atoms with E-state index in [1.165, 1.54) is 12.1 Å². The molecule has 17 heavy (non-hydrogen) atoms. The van der Waals surface area contributed by atoms with Crippen LogP contribution in [0, 0.1) is 24.3 Å². The third kappa shape index (κ3) is 2.37. The van der Waals surface area contributed by atoms with Crippen molar-refractivity contribution in [2.24, 2.45) is 0 Å². The molecule has 1 aromatic carbocycles. The average molecular weight is 269 g/mol. The second-order valence-electron chi connectivity index (χ2n) is 3.77. The van der Waals surface area contributed by atoms with Gasteiger partial charge in [-0.25, -0.2) is 9.37 Å². The normalized spacial score (nSPS) is 10.6. The Hall–Kier alpha value is -1.26. The molecule has 0 amide bonds. The summed E-state index contributed by atoms with van der Waals surface area (Å²) < 4.78 is 13.6. The second-order valence-corrected chi connectivity index (χ2v) is 4.56. The van der Waals surface area contributed by atoms with Gasteiger partial charge in [-0.2, -0.15) is 0 Å². The van der Waals surface area contributed by atoms with Gasteiger partial charge in [0.05, 0.1) is 5.02 Å². The molecule has 0 saturated carbocycles. The van der Waals surface area contributed by atoms with E-state index in [9.17, 15) is 4.39 Å². The number of H-pyrrole nitrogens is 1. The van der Waals surface area contributed by atoms with Crippen LogP contribution in [0.5, 0.6) is 0 Å². The Balaban J connectivity index is 2.61.